The molecule has 4 nitrogen and oxygen atoms in total. The van der Waals surface area contributed by atoms with E-state index in [1.54, 1.807) is 43.3 Å². The molecular formula is C17H20ClNO3S. The van der Waals surface area contributed by atoms with Crippen molar-refractivity contribution < 1.29 is 13.2 Å². The Labute approximate surface area is 142 Å². The van der Waals surface area contributed by atoms with Crippen LogP contribution in [0.15, 0.2) is 53.4 Å². The summed E-state index contributed by atoms with van der Waals surface area (Å²) in [5, 5.41) is 0.502. The molecule has 0 amide bonds. The third-order valence-corrected chi connectivity index (χ3v) is 5.35. The van der Waals surface area contributed by atoms with E-state index in [-0.39, 0.29) is 11.0 Å². The minimum absolute atomic E-state index is 0.0703. The van der Waals surface area contributed by atoms with E-state index in [4.69, 9.17) is 16.3 Å². The second-order valence-corrected chi connectivity index (χ2v) is 7.58. The highest BCUT2D eigenvalue weighted by Crippen LogP contribution is 2.26. The molecule has 124 valence electrons. The van der Waals surface area contributed by atoms with Crippen molar-refractivity contribution in [3.8, 4) is 5.75 Å². The standard InChI is InChI=1S/C17H20ClNO3S/c1-4-19(15-7-9-16(10-8-15)22-13(2)3)23(20,21)17-11-5-14(18)6-12-17/h5-13H,4H2,1-3H3. The molecule has 0 aliphatic carbocycles. The van der Waals surface area contributed by atoms with Gasteiger partial charge in [0.25, 0.3) is 10.0 Å². The summed E-state index contributed by atoms with van der Waals surface area (Å²) < 4.78 is 32.5. The zero-order valence-corrected chi connectivity index (χ0v) is 14.9. The fourth-order valence-corrected chi connectivity index (χ4v) is 3.79. The van der Waals surface area contributed by atoms with Gasteiger partial charge in [-0.1, -0.05) is 11.6 Å². The molecule has 0 bridgehead atoms. The molecule has 0 heterocycles. The lowest BCUT2D eigenvalue weighted by molar-refractivity contribution is 0.242. The maximum absolute atomic E-state index is 12.8. The average molecular weight is 354 g/mol. The van der Waals surface area contributed by atoms with Gasteiger partial charge < -0.3 is 4.74 Å². The van der Waals surface area contributed by atoms with Crippen LogP contribution in [0, 0.1) is 0 Å². The molecule has 0 unspecified atom stereocenters. The first-order valence-electron chi connectivity index (χ1n) is 7.39. The maximum atomic E-state index is 12.8. The Kier molecular flexibility index (Phi) is 5.55. The predicted octanol–water partition coefficient (Wildman–Crippen LogP) is 4.34. The van der Waals surface area contributed by atoms with Gasteiger partial charge in [0.1, 0.15) is 5.75 Å². The zero-order valence-electron chi connectivity index (χ0n) is 13.4. The summed E-state index contributed by atoms with van der Waals surface area (Å²) in [6.07, 6.45) is 0.0703. The van der Waals surface area contributed by atoms with Crippen LogP contribution < -0.4 is 9.04 Å². The van der Waals surface area contributed by atoms with E-state index in [2.05, 4.69) is 0 Å². The van der Waals surface area contributed by atoms with Gasteiger partial charge in [0.05, 0.1) is 16.7 Å². The SMILES string of the molecule is CCN(c1ccc(OC(C)C)cc1)S(=O)(=O)c1ccc(Cl)cc1. The Morgan fingerprint density at radius 2 is 1.61 bits per heavy atom. The molecule has 0 spiro atoms. The molecule has 2 rings (SSSR count). The largest absolute Gasteiger partial charge is 0.491 e. The van der Waals surface area contributed by atoms with E-state index in [1.807, 2.05) is 13.8 Å². The van der Waals surface area contributed by atoms with E-state index in [0.29, 0.717) is 23.0 Å². The Morgan fingerprint density at radius 1 is 1.04 bits per heavy atom. The van der Waals surface area contributed by atoms with Gasteiger partial charge in [0, 0.05) is 11.6 Å². The fourth-order valence-electron chi connectivity index (χ4n) is 2.19. The van der Waals surface area contributed by atoms with Crippen molar-refractivity contribution in [3.05, 3.63) is 53.6 Å². The first-order valence-corrected chi connectivity index (χ1v) is 9.21. The number of benzene rings is 2. The lowest BCUT2D eigenvalue weighted by atomic mass is 10.3. The van der Waals surface area contributed by atoms with E-state index in [0.717, 1.165) is 0 Å². The molecule has 2 aromatic rings. The summed E-state index contributed by atoms with van der Waals surface area (Å²) >= 11 is 5.83. The Bertz CT molecular complexity index is 740. The van der Waals surface area contributed by atoms with Gasteiger partial charge in [-0.3, -0.25) is 4.31 Å². The van der Waals surface area contributed by atoms with Crippen LogP contribution in [0.3, 0.4) is 0 Å². The van der Waals surface area contributed by atoms with Gasteiger partial charge in [-0.2, -0.15) is 0 Å². The summed E-state index contributed by atoms with van der Waals surface area (Å²) in [6, 6.07) is 13.2. The number of nitrogens with zero attached hydrogens (tertiary/aromatic N) is 1. The lowest BCUT2D eigenvalue weighted by Gasteiger charge is -2.23. The lowest BCUT2D eigenvalue weighted by Crippen LogP contribution is -2.30. The van der Waals surface area contributed by atoms with Crippen molar-refractivity contribution in [1.82, 2.24) is 0 Å². The van der Waals surface area contributed by atoms with Crippen LogP contribution >= 0.6 is 11.6 Å². The molecule has 0 saturated carbocycles. The van der Waals surface area contributed by atoms with Crippen LogP contribution in [-0.2, 0) is 10.0 Å². The first-order chi connectivity index (χ1) is 10.8. The molecule has 2 aromatic carbocycles. The van der Waals surface area contributed by atoms with Crippen LogP contribution in [-0.4, -0.2) is 21.1 Å². The number of ether oxygens (including phenoxy) is 1. The van der Waals surface area contributed by atoms with E-state index in [1.165, 1.54) is 16.4 Å². The van der Waals surface area contributed by atoms with E-state index in [9.17, 15) is 8.42 Å². The van der Waals surface area contributed by atoms with Crippen LogP contribution in [0.25, 0.3) is 0 Å². The molecule has 0 aliphatic heterocycles. The van der Waals surface area contributed by atoms with Crippen molar-refractivity contribution >= 4 is 27.3 Å². The zero-order chi connectivity index (χ0) is 17.0. The molecule has 0 atom stereocenters. The van der Waals surface area contributed by atoms with Crippen LogP contribution in [0.5, 0.6) is 5.75 Å². The second kappa shape index (κ2) is 7.23. The number of rotatable bonds is 6. The van der Waals surface area contributed by atoms with Crippen molar-refractivity contribution in [3.63, 3.8) is 0 Å². The second-order valence-electron chi connectivity index (χ2n) is 5.28. The number of anilines is 1. The minimum atomic E-state index is -3.62. The van der Waals surface area contributed by atoms with Gasteiger partial charge >= 0.3 is 0 Å². The normalized spacial score (nSPS) is 11.5. The molecule has 6 heteroatoms. The third kappa shape index (κ3) is 4.18. The van der Waals surface area contributed by atoms with Gasteiger partial charge in [0.2, 0.25) is 0 Å². The molecule has 0 fully saturated rings. The molecule has 0 aliphatic rings. The Hall–Kier alpha value is -1.72. The maximum Gasteiger partial charge on any atom is 0.264 e. The molecular weight excluding hydrogens is 334 g/mol. The fraction of sp³-hybridized carbons (Fsp3) is 0.294. The number of sulfonamides is 1. The topological polar surface area (TPSA) is 46.6 Å². The van der Waals surface area contributed by atoms with Crippen molar-refractivity contribution in [2.45, 2.75) is 31.8 Å². The van der Waals surface area contributed by atoms with Gasteiger partial charge in [0.15, 0.2) is 0 Å². The third-order valence-electron chi connectivity index (χ3n) is 3.19. The number of hydrogen-bond donors (Lipinski definition) is 0. The van der Waals surface area contributed by atoms with Crippen LogP contribution in [0.2, 0.25) is 5.02 Å². The Morgan fingerprint density at radius 3 is 2.09 bits per heavy atom. The quantitative estimate of drug-likeness (QED) is 0.776. The van der Waals surface area contributed by atoms with Crippen LogP contribution in [0.1, 0.15) is 20.8 Å². The van der Waals surface area contributed by atoms with Gasteiger partial charge in [-0.15, -0.1) is 0 Å². The summed E-state index contributed by atoms with van der Waals surface area (Å²) in [4.78, 5) is 0.214. The molecule has 0 saturated heterocycles. The van der Waals surface area contributed by atoms with Crippen molar-refractivity contribution in [1.29, 1.82) is 0 Å². The summed E-state index contributed by atoms with van der Waals surface area (Å²) in [5.74, 6) is 0.712. The summed E-state index contributed by atoms with van der Waals surface area (Å²) in [5.41, 5.74) is 0.596. The highest BCUT2D eigenvalue weighted by atomic mass is 35.5. The van der Waals surface area contributed by atoms with Gasteiger partial charge in [-0.05, 0) is 69.3 Å². The van der Waals surface area contributed by atoms with Crippen molar-refractivity contribution in [2.75, 3.05) is 10.8 Å². The molecule has 23 heavy (non-hydrogen) atoms. The number of halogens is 1. The Balaban J connectivity index is 2.33. The van der Waals surface area contributed by atoms with Gasteiger partial charge in [-0.25, -0.2) is 8.42 Å². The number of hydrogen-bond acceptors (Lipinski definition) is 3. The van der Waals surface area contributed by atoms with Crippen LogP contribution in [0.4, 0.5) is 5.69 Å². The molecule has 0 N–H and O–H groups in total. The van der Waals surface area contributed by atoms with E-state index >= 15 is 0 Å². The smallest absolute Gasteiger partial charge is 0.264 e. The predicted molar refractivity (Wildman–Crippen MR) is 93.9 cm³/mol. The highest BCUT2D eigenvalue weighted by molar-refractivity contribution is 7.92. The summed E-state index contributed by atoms with van der Waals surface area (Å²) in [6.45, 7) is 6.01. The highest BCUT2D eigenvalue weighted by Gasteiger charge is 2.23. The molecule has 0 radical (unpaired) electrons. The van der Waals surface area contributed by atoms with Crippen molar-refractivity contribution in [2.24, 2.45) is 0 Å². The first kappa shape index (κ1) is 17.6. The van der Waals surface area contributed by atoms with E-state index < -0.39 is 10.0 Å². The minimum Gasteiger partial charge on any atom is -0.491 e. The molecule has 0 aromatic heterocycles. The monoisotopic (exact) mass is 353 g/mol. The summed E-state index contributed by atoms with van der Waals surface area (Å²) in [7, 11) is -3.62. The average Bonchev–Trinajstić information content (AvgIpc) is 2.49.